The van der Waals surface area contributed by atoms with Crippen molar-refractivity contribution in [3.05, 3.63) is 36.4 Å². The van der Waals surface area contributed by atoms with Crippen molar-refractivity contribution >= 4 is 5.97 Å². The summed E-state index contributed by atoms with van der Waals surface area (Å²) in [5.41, 5.74) is 0.915. The second-order valence-corrected chi connectivity index (χ2v) is 8.71. The van der Waals surface area contributed by atoms with E-state index in [0.29, 0.717) is 12.2 Å². The van der Waals surface area contributed by atoms with E-state index in [1.165, 1.54) is 14.0 Å². The minimum absolute atomic E-state index is 0.232. The number of aliphatic hydroxyl groups excluding tert-OH is 5. The molecule has 12 nitrogen and oxygen atoms in total. The van der Waals surface area contributed by atoms with Crippen LogP contribution in [0, 0.1) is 0 Å². The Balaban J connectivity index is 1.69. The number of hydrogen-bond acceptors (Lipinski definition) is 12. The monoisotopic (exact) mass is 514 g/mol. The van der Waals surface area contributed by atoms with Gasteiger partial charge in [-0.25, -0.2) is 0 Å². The molecule has 5 N–H and O–H groups in total. The van der Waals surface area contributed by atoms with E-state index in [2.05, 4.69) is 6.58 Å². The van der Waals surface area contributed by atoms with Crippen LogP contribution in [0.4, 0.5) is 0 Å². The highest BCUT2D eigenvalue weighted by molar-refractivity contribution is 5.66. The lowest BCUT2D eigenvalue weighted by molar-refractivity contribution is -0.319. The summed E-state index contributed by atoms with van der Waals surface area (Å²) in [6, 6.07) is 5.12. The molecule has 0 aromatic heterocycles. The normalized spacial score (nSPS) is 36.7. The lowest BCUT2D eigenvalue weighted by Crippen LogP contribution is -2.62. The van der Waals surface area contributed by atoms with E-state index in [1.807, 2.05) is 0 Å². The molecule has 0 saturated carbocycles. The van der Waals surface area contributed by atoms with Crippen LogP contribution in [0.15, 0.2) is 30.9 Å². The van der Waals surface area contributed by atoms with E-state index in [4.69, 9.17) is 28.4 Å². The van der Waals surface area contributed by atoms with Gasteiger partial charge in [-0.15, -0.1) is 6.58 Å². The van der Waals surface area contributed by atoms with Gasteiger partial charge >= 0.3 is 5.97 Å². The molecule has 3 rings (SSSR count). The van der Waals surface area contributed by atoms with Crippen molar-refractivity contribution in [1.29, 1.82) is 0 Å². The van der Waals surface area contributed by atoms with Crippen LogP contribution in [0.1, 0.15) is 19.4 Å². The fourth-order valence-electron chi connectivity index (χ4n) is 4.03. The van der Waals surface area contributed by atoms with Crippen LogP contribution in [-0.2, 0) is 30.2 Å². The fraction of sp³-hybridized carbons (Fsp3) is 0.625. The topological polar surface area (TPSA) is 174 Å². The second-order valence-electron chi connectivity index (χ2n) is 8.71. The van der Waals surface area contributed by atoms with Crippen molar-refractivity contribution < 1.29 is 58.7 Å². The molecule has 0 aliphatic carbocycles. The highest BCUT2D eigenvalue weighted by atomic mass is 16.7. The number of benzene rings is 1. The van der Waals surface area contributed by atoms with E-state index in [0.717, 1.165) is 12.5 Å². The van der Waals surface area contributed by atoms with Crippen molar-refractivity contribution in [2.75, 3.05) is 13.7 Å². The number of methoxy groups -OCH3 is 1. The number of allylic oxidation sites excluding steroid dienone is 1. The number of hydrogen-bond donors (Lipinski definition) is 5. The zero-order valence-corrected chi connectivity index (χ0v) is 20.3. The maximum Gasteiger partial charge on any atom is 0.303 e. The maximum absolute atomic E-state index is 11.4. The summed E-state index contributed by atoms with van der Waals surface area (Å²) >= 11 is 0. The number of esters is 1. The number of rotatable bonds is 9. The molecule has 0 bridgehead atoms. The first-order valence-electron chi connectivity index (χ1n) is 11.5. The van der Waals surface area contributed by atoms with Gasteiger partial charge in [-0.1, -0.05) is 12.1 Å². The Bertz CT molecular complexity index is 894. The Morgan fingerprint density at radius 3 is 2.36 bits per heavy atom. The molecule has 12 heteroatoms. The van der Waals surface area contributed by atoms with Gasteiger partial charge in [0.05, 0.1) is 19.8 Å². The van der Waals surface area contributed by atoms with Crippen molar-refractivity contribution in [2.24, 2.45) is 0 Å². The summed E-state index contributed by atoms with van der Waals surface area (Å²) in [5.74, 6) is -0.112. The zero-order valence-electron chi connectivity index (χ0n) is 20.3. The van der Waals surface area contributed by atoms with Crippen LogP contribution in [0.5, 0.6) is 11.5 Å². The van der Waals surface area contributed by atoms with Crippen LogP contribution in [0.3, 0.4) is 0 Å². The smallest absolute Gasteiger partial charge is 0.303 e. The summed E-state index contributed by atoms with van der Waals surface area (Å²) in [4.78, 5) is 11.4. The predicted octanol–water partition coefficient (Wildman–Crippen LogP) is -0.975. The largest absolute Gasteiger partial charge is 0.493 e. The van der Waals surface area contributed by atoms with E-state index >= 15 is 0 Å². The molecule has 0 amide bonds. The molecule has 1 aromatic rings. The first-order chi connectivity index (χ1) is 17.1. The molecule has 2 saturated heterocycles. The maximum atomic E-state index is 11.4. The van der Waals surface area contributed by atoms with Gasteiger partial charge in [0.2, 0.25) is 6.29 Å². The molecule has 0 spiro atoms. The number of carbonyl (C=O) groups excluding carboxylic acids is 1. The molecule has 1 aromatic carbocycles. The van der Waals surface area contributed by atoms with E-state index in [-0.39, 0.29) is 5.75 Å². The Kier molecular flexibility index (Phi) is 9.66. The standard InChI is InChI=1S/C24H34O12/c1-5-6-13-7-8-14(15(9-13)31-4)35-24-20(29)19(28)18(27)16(36-24)10-32-23-21(30)22(34-12(3)25)17(26)11(2)33-23/h5,7-9,11,16-24,26-30H,1,6,10H2,2-4H3. The minimum atomic E-state index is -1.64. The molecule has 2 heterocycles. The quantitative estimate of drug-likeness (QED) is 0.202. The first kappa shape index (κ1) is 28.3. The van der Waals surface area contributed by atoms with Crippen molar-refractivity contribution in [3.8, 4) is 11.5 Å². The lowest BCUT2D eigenvalue weighted by Gasteiger charge is -2.43. The third-order valence-corrected chi connectivity index (χ3v) is 6.03. The first-order valence-corrected chi connectivity index (χ1v) is 11.5. The predicted molar refractivity (Wildman–Crippen MR) is 122 cm³/mol. The molecule has 2 fully saturated rings. The van der Waals surface area contributed by atoms with Crippen LogP contribution in [-0.4, -0.2) is 107 Å². The lowest BCUT2D eigenvalue weighted by atomic mass is 9.98. The fourth-order valence-corrected chi connectivity index (χ4v) is 4.03. The third kappa shape index (κ3) is 6.33. The SMILES string of the molecule is C=CCc1ccc(OC2OC(COC3OC(C)C(O)C(OC(C)=O)C3O)C(O)C(O)C2O)c(OC)c1. The van der Waals surface area contributed by atoms with E-state index in [9.17, 15) is 30.3 Å². The number of aliphatic hydroxyl groups is 5. The van der Waals surface area contributed by atoms with E-state index in [1.54, 1.807) is 24.3 Å². The van der Waals surface area contributed by atoms with Crippen LogP contribution < -0.4 is 9.47 Å². The summed E-state index contributed by atoms with van der Waals surface area (Å²) in [6.45, 7) is 5.93. The van der Waals surface area contributed by atoms with Crippen molar-refractivity contribution in [1.82, 2.24) is 0 Å². The summed E-state index contributed by atoms with van der Waals surface area (Å²) in [7, 11) is 1.45. The van der Waals surface area contributed by atoms with Crippen molar-refractivity contribution in [2.45, 2.75) is 81.7 Å². The minimum Gasteiger partial charge on any atom is -0.493 e. The van der Waals surface area contributed by atoms with Gasteiger partial charge in [0.1, 0.15) is 36.6 Å². The molecule has 36 heavy (non-hydrogen) atoms. The molecule has 10 unspecified atom stereocenters. The van der Waals surface area contributed by atoms with Gasteiger partial charge in [-0.3, -0.25) is 4.79 Å². The molecule has 2 aliphatic rings. The van der Waals surface area contributed by atoms with Crippen LogP contribution >= 0.6 is 0 Å². The Labute approximate surface area is 208 Å². The van der Waals surface area contributed by atoms with Gasteiger partial charge in [-0.05, 0) is 31.0 Å². The molecule has 202 valence electrons. The summed E-state index contributed by atoms with van der Waals surface area (Å²) < 4.78 is 32.8. The van der Waals surface area contributed by atoms with Crippen LogP contribution in [0.2, 0.25) is 0 Å². The average molecular weight is 515 g/mol. The Morgan fingerprint density at radius 2 is 1.72 bits per heavy atom. The van der Waals surface area contributed by atoms with E-state index < -0.39 is 74.0 Å². The zero-order chi connectivity index (χ0) is 26.6. The van der Waals surface area contributed by atoms with Crippen LogP contribution in [0.25, 0.3) is 0 Å². The molecular weight excluding hydrogens is 480 g/mol. The van der Waals surface area contributed by atoms with Gasteiger partial charge < -0.3 is 54.0 Å². The molecule has 0 radical (unpaired) electrons. The van der Waals surface area contributed by atoms with Crippen molar-refractivity contribution in [3.63, 3.8) is 0 Å². The van der Waals surface area contributed by atoms with Gasteiger partial charge in [0, 0.05) is 6.92 Å². The second kappa shape index (κ2) is 12.3. The van der Waals surface area contributed by atoms with Gasteiger partial charge in [0.25, 0.3) is 0 Å². The highest BCUT2D eigenvalue weighted by Crippen LogP contribution is 2.33. The number of ether oxygens (including phenoxy) is 6. The third-order valence-electron chi connectivity index (χ3n) is 6.03. The summed E-state index contributed by atoms with van der Waals surface area (Å²) in [6.07, 6.45) is -11.4. The molecular formula is C24H34O12. The average Bonchev–Trinajstić information content (AvgIpc) is 2.85. The molecule has 10 atom stereocenters. The van der Waals surface area contributed by atoms with Gasteiger partial charge in [-0.2, -0.15) is 0 Å². The Morgan fingerprint density at radius 1 is 1.00 bits per heavy atom. The Hall–Kier alpha value is -2.29. The highest BCUT2D eigenvalue weighted by Gasteiger charge is 2.48. The van der Waals surface area contributed by atoms with Gasteiger partial charge in [0.15, 0.2) is 23.9 Å². The number of carbonyl (C=O) groups is 1. The summed E-state index contributed by atoms with van der Waals surface area (Å²) in [5, 5.41) is 51.9. The molecule has 2 aliphatic heterocycles.